The van der Waals surface area contributed by atoms with Crippen LogP contribution in [-0.4, -0.2) is 40.3 Å². The molecule has 2 aromatic rings. The summed E-state index contributed by atoms with van der Waals surface area (Å²) >= 11 is 0. The molecule has 0 aliphatic carbocycles. The van der Waals surface area contributed by atoms with Gasteiger partial charge in [0.05, 0.1) is 12.3 Å². The number of aromatic nitrogens is 2. The van der Waals surface area contributed by atoms with Crippen LogP contribution in [-0.2, 0) is 24.7 Å². The van der Waals surface area contributed by atoms with Crippen molar-refractivity contribution in [2.24, 2.45) is 7.05 Å². The van der Waals surface area contributed by atoms with Gasteiger partial charge in [-0.2, -0.15) is 5.10 Å². The van der Waals surface area contributed by atoms with Crippen LogP contribution in [0.15, 0.2) is 30.5 Å². The molecule has 1 aromatic heterocycles. The van der Waals surface area contributed by atoms with Crippen LogP contribution in [0.3, 0.4) is 0 Å². The SMILES string of the molecule is Cc1nn(C)cc1CCC(=O)N1CCCCCCCc2ccccc2OCCC1. The third-order valence-corrected chi connectivity index (χ3v) is 5.75. The van der Waals surface area contributed by atoms with Gasteiger partial charge in [-0.25, -0.2) is 0 Å². The van der Waals surface area contributed by atoms with E-state index in [0.29, 0.717) is 13.0 Å². The topological polar surface area (TPSA) is 47.4 Å². The minimum atomic E-state index is 0.251. The normalized spacial score (nSPS) is 16.6. The molecule has 1 aliphatic rings. The molecule has 0 radical (unpaired) electrons. The summed E-state index contributed by atoms with van der Waals surface area (Å²) in [6.45, 7) is 4.30. The Morgan fingerprint density at radius 3 is 2.66 bits per heavy atom. The Morgan fingerprint density at radius 2 is 1.83 bits per heavy atom. The highest BCUT2D eigenvalue weighted by atomic mass is 16.5. The summed E-state index contributed by atoms with van der Waals surface area (Å²) in [4.78, 5) is 14.9. The van der Waals surface area contributed by atoms with Crippen molar-refractivity contribution >= 4 is 5.91 Å². The Labute approximate surface area is 175 Å². The third-order valence-electron chi connectivity index (χ3n) is 5.75. The molecule has 5 nitrogen and oxygen atoms in total. The van der Waals surface area contributed by atoms with E-state index in [1.807, 2.05) is 35.8 Å². The number of fused-ring (bicyclic) bond motifs is 1. The second kappa shape index (κ2) is 11.0. The molecule has 0 bridgehead atoms. The minimum absolute atomic E-state index is 0.251. The lowest BCUT2D eigenvalue weighted by Gasteiger charge is -2.23. The van der Waals surface area contributed by atoms with E-state index in [4.69, 9.17) is 4.74 Å². The second-order valence-corrected chi connectivity index (χ2v) is 8.12. The van der Waals surface area contributed by atoms with Crippen LogP contribution in [0, 0.1) is 6.92 Å². The van der Waals surface area contributed by atoms with Crippen LogP contribution in [0.5, 0.6) is 5.75 Å². The summed E-state index contributed by atoms with van der Waals surface area (Å²) in [5, 5.41) is 4.38. The van der Waals surface area contributed by atoms with E-state index in [0.717, 1.165) is 50.2 Å². The van der Waals surface area contributed by atoms with E-state index in [2.05, 4.69) is 23.3 Å². The van der Waals surface area contributed by atoms with Crippen LogP contribution in [0.4, 0.5) is 0 Å². The highest BCUT2D eigenvalue weighted by Crippen LogP contribution is 2.21. The quantitative estimate of drug-likeness (QED) is 0.768. The lowest BCUT2D eigenvalue weighted by atomic mass is 10.0. The monoisotopic (exact) mass is 397 g/mol. The predicted molar refractivity (Wildman–Crippen MR) is 116 cm³/mol. The largest absolute Gasteiger partial charge is 0.493 e. The van der Waals surface area contributed by atoms with Crippen LogP contribution >= 0.6 is 0 Å². The Balaban J connectivity index is 1.56. The lowest BCUT2D eigenvalue weighted by molar-refractivity contribution is -0.131. The molecule has 5 heteroatoms. The fourth-order valence-corrected chi connectivity index (χ4v) is 4.09. The standard InChI is InChI=1S/C24H35N3O2/c1-20-22(19-26(2)25-20)14-15-24(28)27-16-9-5-3-4-6-11-21-12-7-8-13-23(21)29-18-10-17-27/h7-8,12-13,19H,3-6,9-11,14-18H2,1-2H3. The Bertz CT molecular complexity index is 784. The fourth-order valence-electron chi connectivity index (χ4n) is 4.09. The number of ether oxygens (including phenoxy) is 1. The van der Waals surface area contributed by atoms with E-state index in [1.54, 1.807) is 0 Å². The molecule has 1 aliphatic heterocycles. The summed E-state index contributed by atoms with van der Waals surface area (Å²) in [5.74, 6) is 1.26. The third kappa shape index (κ3) is 6.62. The number of nitrogens with zero attached hydrogens (tertiary/aromatic N) is 3. The first kappa shape index (κ1) is 21.4. The molecule has 0 atom stereocenters. The number of benzene rings is 1. The van der Waals surface area contributed by atoms with Gasteiger partial charge in [0.2, 0.25) is 5.91 Å². The van der Waals surface area contributed by atoms with Crippen LogP contribution in [0.2, 0.25) is 0 Å². The summed E-state index contributed by atoms with van der Waals surface area (Å²) in [7, 11) is 1.93. The van der Waals surface area contributed by atoms with Crippen molar-refractivity contribution in [3.05, 3.63) is 47.3 Å². The zero-order valence-electron chi connectivity index (χ0n) is 18.0. The van der Waals surface area contributed by atoms with Crippen molar-refractivity contribution in [3.8, 4) is 5.75 Å². The van der Waals surface area contributed by atoms with Gasteiger partial charge in [-0.3, -0.25) is 9.48 Å². The van der Waals surface area contributed by atoms with Crippen molar-refractivity contribution in [2.75, 3.05) is 19.7 Å². The molecule has 2 heterocycles. The zero-order valence-corrected chi connectivity index (χ0v) is 18.0. The van der Waals surface area contributed by atoms with E-state index in [9.17, 15) is 4.79 Å². The number of para-hydroxylation sites is 1. The summed E-state index contributed by atoms with van der Waals surface area (Å²) in [6, 6.07) is 8.38. The molecular formula is C24H35N3O2. The summed E-state index contributed by atoms with van der Waals surface area (Å²) in [6.07, 6.45) is 11.3. The van der Waals surface area contributed by atoms with Crippen molar-refractivity contribution < 1.29 is 9.53 Å². The van der Waals surface area contributed by atoms with Crippen molar-refractivity contribution in [3.63, 3.8) is 0 Å². The Kier molecular flexibility index (Phi) is 8.14. The number of rotatable bonds is 3. The highest BCUT2D eigenvalue weighted by Gasteiger charge is 2.15. The molecule has 3 rings (SSSR count). The Hall–Kier alpha value is -2.30. The van der Waals surface area contributed by atoms with Gasteiger partial charge >= 0.3 is 0 Å². The molecule has 0 saturated heterocycles. The van der Waals surface area contributed by atoms with Gasteiger partial charge in [-0.1, -0.05) is 37.5 Å². The van der Waals surface area contributed by atoms with Gasteiger partial charge in [-0.05, 0) is 56.2 Å². The van der Waals surface area contributed by atoms with Gasteiger partial charge in [0.15, 0.2) is 0 Å². The second-order valence-electron chi connectivity index (χ2n) is 8.12. The number of hydrogen-bond donors (Lipinski definition) is 0. The summed E-state index contributed by atoms with van der Waals surface area (Å²) in [5.41, 5.74) is 3.50. The smallest absolute Gasteiger partial charge is 0.222 e. The van der Waals surface area contributed by atoms with Crippen molar-refractivity contribution in [1.29, 1.82) is 0 Å². The van der Waals surface area contributed by atoms with Crippen molar-refractivity contribution in [2.45, 2.75) is 64.7 Å². The van der Waals surface area contributed by atoms with Gasteiger partial charge in [0, 0.05) is 32.8 Å². The minimum Gasteiger partial charge on any atom is -0.493 e. The maximum atomic E-state index is 12.9. The predicted octanol–water partition coefficient (Wildman–Crippen LogP) is 4.47. The fraction of sp³-hybridized carbons (Fsp3) is 0.583. The highest BCUT2D eigenvalue weighted by molar-refractivity contribution is 5.76. The lowest BCUT2D eigenvalue weighted by Crippen LogP contribution is -2.34. The molecule has 0 unspecified atom stereocenters. The van der Waals surface area contributed by atoms with Crippen LogP contribution < -0.4 is 4.74 Å². The number of aryl methyl sites for hydroxylation is 4. The summed E-state index contributed by atoms with van der Waals surface area (Å²) < 4.78 is 7.88. The first-order valence-electron chi connectivity index (χ1n) is 11.1. The molecule has 0 spiro atoms. The Morgan fingerprint density at radius 1 is 1.07 bits per heavy atom. The van der Waals surface area contributed by atoms with Gasteiger partial charge in [0.1, 0.15) is 5.75 Å². The molecule has 0 N–H and O–H groups in total. The van der Waals surface area contributed by atoms with Gasteiger partial charge < -0.3 is 9.64 Å². The molecule has 29 heavy (non-hydrogen) atoms. The first-order chi connectivity index (χ1) is 14.1. The van der Waals surface area contributed by atoms with E-state index in [-0.39, 0.29) is 5.91 Å². The average Bonchev–Trinajstić information content (AvgIpc) is 3.04. The van der Waals surface area contributed by atoms with E-state index < -0.39 is 0 Å². The molecule has 1 aromatic carbocycles. The number of carbonyl (C=O) groups excluding carboxylic acids is 1. The molecule has 0 saturated carbocycles. The maximum Gasteiger partial charge on any atom is 0.222 e. The maximum absolute atomic E-state index is 12.9. The molecule has 0 fully saturated rings. The number of carbonyl (C=O) groups is 1. The van der Waals surface area contributed by atoms with Gasteiger partial charge in [0.25, 0.3) is 0 Å². The number of amides is 1. The van der Waals surface area contributed by atoms with Crippen LogP contribution in [0.25, 0.3) is 0 Å². The number of hydrogen-bond acceptors (Lipinski definition) is 3. The van der Waals surface area contributed by atoms with Crippen LogP contribution in [0.1, 0.15) is 61.8 Å². The first-order valence-corrected chi connectivity index (χ1v) is 11.1. The molecule has 1 amide bonds. The zero-order chi connectivity index (χ0) is 20.5. The van der Waals surface area contributed by atoms with Crippen molar-refractivity contribution in [1.82, 2.24) is 14.7 Å². The molecule has 158 valence electrons. The van der Waals surface area contributed by atoms with E-state index >= 15 is 0 Å². The van der Waals surface area contributed by atoms with E-state index in [1.165, 1.54) is 36.8 Å². The molecular weight excluding hydrogens is 362 g/mol. The average molecular weight is 398 g/mol. The van der Waals surface area contributed by atoms with Gasteiger partial charge in [-0.15, -0.1) is 0 Å².